The molecule has 0 aliphatic heterocycles. The highest BCUT2D eigenvalue weighted by atomic mass is 16.3. The van der Waals surface area contributed by atoms with Gasteiger partial charge in [0.15, 0.2) is 0 Å². The van der Waals surface area contributed by atoms with Crippen LogP contribution in [0.1, 0.15) is 32.1 Å². The molecule has 0 spiro atoms. The Balaban J connectivity index is 2.09. The van der Waals surface area contributed by atoms with Crippen LogP contribution in [0.3, 0.4) is 0 Å². The standard InChI is InChI=1S/C9H17NO2/c11-7-9(12)10-6-8-4-2-1-3-5-8/h8,11H,1-7H2,(H,10,12). The van der Waals surface area contributed by atoms with Crippen LogP contribution in [0.4, 0.5) is 0 Å². The third-order valence-electron chi connectivity index (χ3n) is 2.46. The summed E-state index contributed by atoms with van der Waals surface area (Å²) in [4.78, 5) is 10.7. The van der Waals surface area contributed by atoms with Crippen LogP contribution in [0.5, 0.6) is 0 Å². The van der Waals surface area contributed by atoms with Gasteiger partial charge in [0.2, 0.25) is 5.91 Å². The molecule has 0 aromatic rings. The zero-order chi connectivity index (χ0) is 8.81. The van der Waals surface area contributed by atoms with Crippen molar-refractivity contribution in [2.75, 3.05) is 13.2 Å². The Labute approximate surface area is 73.2 Å². The molecule has 1 rings (SSSR count). The molecule has 3 heteroatoms. The van der Waals surface area contributed by atoms with Crippen LogP contribution in [-0.2, 0) is 4.79 Å². The molecule has 0 radical (unpaired) electrons. The molecular formula is C9H17NO2. The minimum atomic E-state index is -0.382. The van der Waals surface area contributed by atoms with Gasteiger partial charge in [-0.05, 0) is 18.8 Å². The van der Waals surface area contributed by atoms with Crippen LogP contribution >= 0.6 is 0 Å². The summed E-state index contributed by atoms with van der Waals surface area (Å²) in [5, 5.41) is 11.2. The van der Waals surface area contributed by atoms with Crippen LogP contribution in [0.25, 0.3) is 0 Å². The van der Waals surface area contributed by atoms with Gasteiger partial charge in [0.25, 0.3) is 0 Å². The molecule has 0 aromatic heterocycles. The number of nitrogens with one attached hydrogen (secondary N) is 1. The number of rotatable bonds is 3. The van der Waals surface area contributed by atoms with Crippen LogP contribution in [0, 0.1) is 5.92 Å². The lowest BCUT2D eigenvalue weighted by molar-refractivity contribution is -0.124. The summed E-state index contributed by atoms with van der Waals surface area (Å²) in [6, 6.07) is 0. The van der Waals surface area contributed by atoms with Gasteiger partial charge in [-0.2, -0.15) is 0 Å². The van der Waals surface area contributed by atoms with Gasteiger partial charge in [-0.15, -0.1) is 0 Å². The van der Waals surface area contributed by atoms with E-state index >= 15 is 0 Å². The van der Waals surface area contributed by atoms with Crippen LogP contribution < -0.4 is 5.32 Å². The smallest absolute Gasteiger partial charge is 0.245 e. The molecule has 0 heterocycles. The second kappa shape index (κ2) is 5.14. The van der Waals surface area contributed by atoms with E-state index in [1.807, 2.05) is 0 Å². The molecule has 0 unspecified atom stereocenters. The monoisotopic (exact) mass is 171 g/mol. The van der Waals surface area contributed by atoms with Crippen molar-refractivity contribution in [2.45, 2.75) is 32.1 Å². The van der Waals surface area contributed by atoms with Gasteiger partial charge < -0.3 is 10.4 Å². The largest absolute Gasteiger partial charge is 0.387 e. The van der Waals surface area contributed by atoms with Crippen molar-refractivity contribution < 1.29 is 9.90 Å². The van der Waals surface area contributed by atoms with Gasteiger partial charge in [-0.1, -0.05) is 19.3 Å². The minimum absolute atomic E-state index is 0.249. The fraction of sp³-hybridized carbons (Fsp3) is 0.889. The van der Waals surface area contributed by atoms with Crippen LogP contribution in [0.2, 0.25) is 0 Å². The molecule has 1 fully saturated rings. The molecule has 3 nitrogen and oxygen atoms in total. The number of aliphatic hydroxyl groups is 1. The zero-order valence-corrected chi connectivity index (χ0v) is 7.38. The topological polar surface area (TPSA) is 49.3 Å². The highest BCUT2D eigenvalue weighted by molar-refractivity contribution is 5.76. The van der Waals surface area contributed by atoms with Crippen molar-refractivity contribution in [1.82, 2.24) is 5.32 Å². The number of carbonyl (C=O) groups excluding carboxylic acids is 1. The van der Waals surface area contributed by atoms with Gasteiger partial charge >= 0.3 is 0 Å². The van der Waals surface area contributed by atoms with Gasteiger partial charge in [-0.3, -0.25) is 4.79 Å². The molecule has 0 saturated heterocycles. The van der Waals surface area contributed by atoms with Gasteiger partial charge in [0, 0.05) is 6.54 Å². The molecule has 0 bridgehead atoms. The Morgan fingerprint density at radius 1 is 1.33 bits per heavy atom. The first-order valence-corrected chi connectivity index (χ1v) is 4.70. The number of hydrogen-bond acceptors (Lipinski definition) is 2. The average molecular weight is 171 g/mol. The Morgan fingerprint density at radius 3 is 2.58 bits per heavy atom. The molecule has 0 atom stereocenters. The maximum absolute atomic E-state index is 10.7. The summed E-state index contributed by atoms with van der Waals surface area (Å²) < 4.78 is 0. The highest BCUT2D eigenvalue weighted by Crippen LogP contribution is 2.22. The third kappa shape index (κ3) is 3.22. The van der Waals surface area contributed by atoms with Crippen molar-refractivity contribution in [2.24, 2.45) is 5.92 Å². The average Bonchev–Trinajstić information content (AvgIpc) is 2.16. The van der Waals surface area contributed by atoms with Gasteiger partial charge in [0.1, 0.15) is 6.61 Å². The number of amides is 1. The Morgan fingerprint density at radius 2 is 2.00 bits per heavy atom. The van der Waals surface area contributed by atoms with Crippen molar-refractivity contribution in [3.63, 3.8) is 0 Å². The lowest BCUT2D eigenvalue weighted by Gasteiger charge is -2.21. The highest BCUT2D eigenvalue weighted by Gasteiger charge is 2.13. The summed E-state index contributed by atoms with van der Waals surface area (Å²) in [5.74, 6) is 0.398. The second-order valence-electron chi connectivity index (χ2n) is 3.47. The molecule has 1 amide bonds. The van der Waals surface area contributed by atoms with E-state index in [2.05, 4.69) is 5.32 Å². The summed E-state index contributed by atoms with van der Waals surface area (Å²) >= 11 is 0. The van der Waals surface area contributed by atoms with Crippen molar-refractivity contribution in [1.29, 1.82) is 0 Å². The fourth-order valence-corrected chi connectivity index (χ4v) is 1.71. The number of carbonyl (C=O) groups is 1. The third-order valence-corrected chi connectivity index (χ3v) is 2.46. The zero-order valence-electron chi connectivity index (χ0n) is 7.38. The van der Waals surface area contributed by atoms with Crippen LogP contribution in [0.15, 0.2) is 0 Å². The van der Waals surface area contributed by atoms with E-state index in [1.165, 1.54) is 32.1 Å². The summed E-state index contributed by atoms with van der Waals surface area (Å²) in [6.45, 7) is 0.367. The quantitative estimate of drug-likeness (QED) is 0.656. The minimum Gasteiger partial charge on any atom is -0.387 e. The van der Waals surface area contributed by atoms with E-state index in [0.717, 1.165) is 6.54 Å². The van der Waals surface area contributed by atoms with Crippen molar-refractivity contribution in [3.05, 3.63) is 0 Å². The van der Waals surface area contributed by atoms with Crippen molar-refractivity contribution >= 4 is 5.91 Å². The number of aliphatic hydroxyl groups excluding tert-OH is 1. The Kier molecular flexibility index (Phi) is 4.08. The molecule has 12 heavy (non-hydrogen) atoms. The van der Waals surface area contributed by atoms with E-state index in [1.54, 1.807) is 0 Å². The predicted molar refractivity (Wildman–Crippen MR) is 46.7 cm³/mol. The van der Waals surface area contributed by atoms with Crippen molar-refractivity contribution in [3.8, 4) is 0 Å². The maximum Gasteiger partial charge on any atom is 0.245 e. The molecule has 0 aromatic carbocycles. The Bertz CT molecular complexity index is 141. The lowest BCUT2D eigenvalue weighted by atomic mass is 9.89. The molecule has 1 saturated carbocycles. The molecule has 1 aliphatic carbocycles. The van der Waals surface area contributed by atoms with Crippen LogP contribution in [-0.4, -0.2) is 24.2 Å². The number of hydrogen-bond donors (Lipinski definition) is 2. The molecule has 70 valence electrons. The predicted octanol–water partition coefficient (Wildman–Crippen LogP) is 0.675. The normalized spacial score (nSPS) is 19.1. The first-order valence-electron chi connectivity index (χ1n) is 4.70. The van der Waals surface area contributed by atoms with E-state index in [9.17, 15) is 4.79 Å². The maximum atomic E-state index is 10.7. The lowest BCUT2D eigenvalue weighted by Crippen LogP contribution is -2.32. The van der Waals surface area contributed by atoms with E-state index in [-0.39, 0.29) is 12.5 Å². The summed E-state index contributed by atoms with van der Waals surface area (Å²) in [6.07, 6.45) is 6.38. The van der Waals surface area contributed by atoms with E-state index in [0.29, 0.717) is 5.92 Å². The fourth-order valence-electron chi connectivity index (χ4n) is 1.71. The SMILES string of the molecule is O=C(CO)NCC1CCCCC1. The molecular weight excluding hydrogens is 154 g/mol. The van der Waals surface area contributed by atoms with Gasteiger partial charge in [-0.25, -0.2) is 0 Å². The first-order chi connectivity index (χ1) is 5.83. The van der Waals surface area contributed by atoms with Gasteiger partial charge in [0.05, 0.1) is 0 Å². The summed E-state index contributed by atoms with van der Waals surface area (Å²) in [7, 11) is 0. The molecule has 2 N–H and O–H groups in total. The molecule has 1 aliphatic rings. The summed E-state index contributed by atoms with van der Waals surface area (Å²) in [5.41, 5.74) is 0. The van der Waals surface area contributed by atoms with E-state index in [4.69, 9.17) is 5.11 Å². The van der Waals surface area contributed by atoms with E-state index < -0.39 is 0 Å². The first kappa shape index (κ1) is 9.52. The Hall–Kier alpha value is -0.570. The second-order valence-corrected chi connectivity index (χ2v) is 3.47.